The highest BCUT2D eigenvalue weighted by Gasteiger charge is 2.51. The highest BCUT2D eigenvalue weighted by Crippen LogP contribution is 2.42. The van der Waals surface area contributed by atoms with Crippen LogP contribution >= 0.6 is 15.9 Å². The Kier molecular flexibility index (Phi) is 4.24. The average Bonchev–Trinajstić information content (AvgIpc) is 2.36. The standard InChI is InChI=1S/C14H16BrNO3/c1-19-13(18)14(7-2-8-14)12(17)16-9-10-3-5-11(15)6-4-10/h3-6H,2,7-9H2,1H3,(H,16,17). The molecule has 1 aliphatic carbocycles. The van der Waals surface area contributed by atoms with Gasteiger partial charge in [-0.3, -0.25) is 9.59 Å². The molecule has 0 atom stereocenters. The van der Waals surface area contributed by atoms with E-state index in [1.165, 1.54) is 7.11 Å². The van der Waals surface area contributed by atoms with Crippen LogP contribution in [0.1, 0.15) is 24.8 Å². The van der Waals surface area contributed by atoms with Gasteiger partial charge in [0.1, 0.15) is 5.41 Å². The normalized spacial score (nSPS) is 16.3. The van der Waals surface area contributed by atoms with Crippen LogP contribution in [0.2, 0.25) is 0 Å². The van der Waals surface area contributed by atoms with E-state index in [-0.39, 0.29) is 5.91 Å². The molecule has 1 aromatic carbocycles. The molecule has 1 saturated carbocycles. The fraction of sp³-hybridized carbons (Fsp3) is 0.429. The van der Waals surface area contributed by atoms with Gasteiger partial charge in [0, 0.05) is 11.0 Å². The van der Waals surface area contributed by atoms with E-state index in [0.29, 0.717) is 19.4 Å². The van der Waals surface area contributed by atoms with Crippen LogP contribution in [0.5, 0.6) is 0 Å². The zero-order valence-corrected chi connectivity index (χ0v) is 12.3. The van der Waals surface area contributed by atoms with Gasteiger partial charge >= 0.3 is 5.97 Å². The van der Waals surface area contributed by atoms with Crippen LogP contribution < -0.4 is 5.32 Å². The second kappa shape index (κ2) is 5.74. The van der Waals surface area contributed by atoms with E-state index in [1.54, 1.807) is 0 Å². The summed E-state index contributed by atoms with van der Waals surface area (Å²) in [6, 6.07) is 7.69. The van der Waals surface area contributed by atoms with Crippen molar-refractivity contribution in [3.05, 3.63) is 34.3 Å². The van der Waals surface area contributed by atoms with Crippen LogP contribution in [0, 0.1) is 5.41 Å². The molecule has 0 saturated heterocycles. The first-order chi connectivity index (χ1) is 9.08. The van der Waals surface area contributed by atoms with Crippen molar-refractivity contribution in [3.8, 4) is 0 Å². The third-order valence-electron chi connectivity index (χ3n) is 3.58. The van der Waals surface area contributed by atoms with Crippen molar-refractivity contribution in [1.82, 2.24) is 5.32 Å². The molecule has 4 nitrogen and oxygen atoms in total. The van der Waals surface area contributed by atoms with Gasteiger partial charge in [-0.25, -0.2) is 0 Å². The number of rotatable bonds is 4. The Morgan fingerprint density at radius 2 is 1.95 bits per heavy atom. The number of carbonyl (C=O) groups is 2. The lowest BCUT2D eigenvalue weighted by molar-refractivity contribution is -0.165. The molecule has 1 aliphatic rings. The van der Waals surface area contributed by atoms with Crippen molar-refractivity contribution in [3.63, 3.8) is 0 Å². The van der Waals surface area contributed by atoms with Crippen molar-refractivity contribution < 1.29 is 14.3 Å². The highest BCUT2D eigenvalue weighted by molar-refractivity contribution is 9.10. The fourth-order valence-electron chi connectivity index (χ4n) is 2.20. The van der Waals surface area contributed by atoms with E-state index in [0.717, 1.165) is 16.5 Å². The molecule has 102 valence electrons. The lowest BCUT2D eigenvalue weighted by atomic mass is 9.68. The van der Waals surface area contributed by atoms with Gasteiger partial charge in [-0.1, -0.05) is 34.5 Å². The van der Waals surface area contributed by atoms with Crippen LogP contribution in [0.15, 0.2) is 28.7 Å². The molecule has 1 amide bonds. The van der Waals surface area contributed by atoms with Gasteiger partial charge in [0.05, 0.1) is 7.11 Å². The molecule has 1 fully saturated rings. The van der Waals surface area contributed by atoms with Crippen molar-refractivity contribution in [2.75, 3.05) is 7.11 Å². The maximum atomic E-state index is 12.2. The van der Waals surface area contributed by atoms with E-state index >= 15 is 0 Å². The summed E-state index contributed by atoms with van der Waals surface area (Å²) in [5.41, 5.74) is 0.0419. The number of esters is 1. The number of amides is 1. The molecular formula is C14H16BrNO3. The first-order valence-electron chi connectivity index (χ1n) is 6.20. The first kappa shape index (κ1) is 14.1. The third kappa shape index (κ3) is 2.81. The van der Waals surface area contributed by atoms with Crippen LogP contribution in [-0.2, 0) is 20.9 Å². The molecule has 0 unspecified atom stereocenters. The van der Waals surface area contributed by atoms with E-state index in [2.05, 4.69) is 21.2 Å². The summed E-state index contributed by atoms with van der Waals surface area (Å²) < 4.78 is 5.73. The summed E-state index contributed by atoms with van der Waals surface area (Å²) in [6.07, 6.45) is 2.04. The molecule has 1 N–H and O–H groups in total. The van der Waals surface area contributed by atoms with Crippen LogP contribution in [-0.4, -0.2) is 19.0 Å². The van der Waals surface area contributed by atoms with Crippen LogP contribution in [0.3, 0.4) is 0 Å². The van der Waals surface area contributed by atoms with Crippen LogP contribution in [0.4, 0.5) is 0 Å². The topological polar surface area (TPSA) is 55.4 Å². The predicted octanol–water partition coefficient (Wildman–Crippen LogP) is 2.41. The van der Waals surface area contributed by atoms with Gasteiger partial charge in [-0.2, -0.15) is 0 Å². The number of hydrogen-bond acceptors (Lipinski definition) is 3. The third-order valence-corrected chi connectivity index (χ3v) is 4.11. The Bertz CT molecular complexity index is 480. The molecule has 0 heterocycles. The smallest absolute Gasteiger partial charge is 0.321 e. The molecule has 2 rings (SSSR count). The fourth-order valence-corrected chi connectivity index (χ4v) is 2.47. The Balaban J connectivity index is 1.97. The second-order valence-corrected chi connectivity index (χ2v) is 5.65. The zero-order valence-electron chi connectivity index (χ0n) is 10.7. The minimum absolute atomic E-state index is 0.228. The molecule has 19 heavy (non-hydrogen) atoms. The summed E-state index contributed by atoms with van der Waals surface area (Å²) in [4.78, 5) is 23.9. The molecular weight excluding hydrogens is 310 g/mol. The highest BCUT2D eigenvalue weighted by atomic mass is 79.9. The minimum Gasteiger partial charge on any atom is -0.468 e. The first-order valence-corrected chi connectivity index (χ1v) is 6.99. The minimum atomic E-state index is -0.954. The van der Waals surface area contributed by atoms with Crippen molar-refractivity contribution >= 4 is 27.8 Å². The van der Waals surface area contributed by atoms with Crippen molar-refractivity contribution in [2.45, 2.75) is 25.8 Å². The van der Waals surface area contributed by atoms with Crippen LogP contribution in [0.25, 0.3) is 0 Å². The monoisotopic (exact) mass is 325 g/mol. The lowest BCUT2D eigenvalue weighted by Crippen LogP contribution is -2.51. The average molecular weight is 326 g/mol. The van der Waals surface area contributed by atoms with Crippen molar-refractivity contribution in [2.24, 2.45) is 5.41 Å². The molecule has 0 bridgehead atoms. The summed E-state index contributed by atoms with van der Waals surface area (Å²) in [5.74, 6) is -0.652. The molecule has 0 aliphatic heterocycles. The van der Waals surface area contributed by atoms with Crippen molar-refractivity contribution in [1.29, 1.82) is 0 Å². The van der Waals surface area contributed by atoms with Gasteiger partial charge in [0.25, 0.3) is 0 Å². The van der Waals surface area contributed by atoms with Gasteiger partial charge in [0.15, 0.2) is 0 Å². The Labute approximate surface area is 120 Å². The molecule has 5 heteroatoms. The number of nitrogens with one attached hydrogen (secondary N) is 1. The predicted molar refractivity (Wildman–Crippen MR) is 74.3 cm³/mol. The van der Waals surface area contributed by atoms with E-state index in [4.69, 9.17) is 4.74 Å². The number of carbonyl (C=O) groups excluding carboxylic acids is 2. The van der Waals surface area contributed by atoms with Gasteiger partial charge in [-0.15, -0.1) is 0 Å². The zero-order chi connectivity index (χ0) is 13.9. The summed E-state index contributed by atoms with van der Waals surface area (Å²) in [5, 5.41) is 2.82. The van der Waals surface area contributed by atoms with E-state index in [9.17, 15) is 9.59 Å². The SMILES string of the molecule is COC(=O)C1(C(=O)NCc2ccc(Br)cc2)CCC1. The number of halogens is 1. The molecule has 1 aromatic rings. The Morgan fingerprint density at radius 3 is 2.42 bits per heavy atom. The maximum absolute atomic E-state index is 12.2. The van der Waals surface area contributed by atoms with Gasteiger partial charge in [0.2, 0.25) is 5.91 Å². The molecule has 0 spiro atoms. The number of methoxy groups -OCH3 is 1. The largest absolute Gasteiger partial charge is 0.468 e. The van der Waals surface area contributed by atoms with E-state index in [1.807, 2.05) is 24.3 Å². The Morgan fingerprint density at radius 1 is 1.32 bits per heavy atom. The number of hydrogen-bond donors (Lipinski definition) is 1. The number of benzene rings is 1. The number of ether oxygens (including phenoxy) is 1. The van der Waals surface area contributed by atoms with E-state index < -0.39 is 11.4 Å². The summed E-state index contributed by atoms with van der Waals surface area (Å²) in [6.45, 7) is 0.421. The molecule has 0 radical (unpaired) electrons. The quantitative estimate of drug-likeness (QED) is 0.683. The lowest BCUT2D eigenvalue weighted by Gasteiger charge is -2.37. The van der Waals surface area contributed by atoms with Gasteiger partial charge < -0.3 is 10.1 Å². The maximum Gasteiger partial charge on any atom is 0.321 e. The molecule has 0 aromatic heterocycles. The second-order valence-electron chi connectivity index (χ2n) is 4.74. The summed E-state index contributed by atoms with van der Waals surface area (Å²) in [7, 11) is 1.32. The van der Waals surface area contributed by atoms with Gasteiger partial charge in [-0.05, 0) is 30.5 Å². The summed E-state index contributed by atoms with van der Waals surface area (Å²) >= 11 is 3.36. The Hall–Kier alpha value is -1.36.